The van der Waals surface area contributed by atoms with E-state index in [1.807, 2.05) is 19.1 Å². The maximum atomic E-state index is 12.1. The standard InChI is InChI=1S/C19H17N5O2/c1-9-3-6-13(25)10(2)16(9)24-17-12(14(18(24)20)19(21)26)5-4-11-7-8-22-23-15(11)17/h3-8,25H,20H2,1-2H3,(H2,21,26). The van der Waals surface area contributed by atoms with Gasteiger partial charge in [0.05, 0.1) is 23.0 Å². The van der Waals surface area contributed by atoms with Crippen LogP contribution in [-0.2, 0) is 0 Å². The Bertz CT molecular complexity index is 1210. The molecule has 0 bridgehead atoms. The van der Waals surface area contributed by atoms with Crippen molar-refractivity contribution >= 4 is 33.5 Å². The van der Waals surface area contributed by atoms with Crippen LogP contribution in [0.15, 0.2) is 36.5 Å². The molecule has 2 aromatic heterocycles. The maximum absolute atomic E-state index is 12.1. The minimum atomic E-state index is -0.620. The van der Waals surface area contributed by atoms with Crippen LogP contribution in [-0.4, -0.2) is 25.8 Å². The van der Waals surface area contributed by atoms with E-state index in [0.29, 0.717) is 27.7 Å². The number of nitrogens with zero attached hydrogens (tertiary/aromatic N) is 3. The molecular weight excluding hydrogens is 330 g/mol. The summed E-state index contributed by atoms with van der Waals surface area (Å²) in [5.41, 5.74) is 15.7. The molecule has 4 aromatic rings. The van der Waals surface area contributed by atoms with Crippen molar-refractivity contribution in [1.82, 2.24) is 14.8 Å². The molecule has 2 aromatic carbocycles. The second-order valence-corrected chi connectivity index (χ2v) is 6.27. The van der Waals surface area contributed by atoms with E-state index in [9.17, 15) is 9.90 Å². The fraction of sp³-hybridized carbons (Fsp3) is 0.105. The zero-order valence-corrected chi connectivity index (χ0v) is 14.3. The fourth-order valence-electron chi connectivity index (χ4n) is 3.50. The van der Waals surface area contributed by atoms with Gasteiger partial charge in [-0.15, -0.1) is 5.10 Å². The lowest BCUT2D eigenvalue weighted by Crippen LogP contribution is -2.14. The molecule has 1 amide bonds. The normalized spacial score (nSPS) is 11.3. The number of hydrogen-bond donors (Lipinski definition) is 3. The van der Waals surface area contributed by atoms with Crippen molar-refractivity contribution < 1.29 is 9.90 Å². The summed E-state index contributed by atoms with van der Waals surface area (Å²) in [6, 6.07) is 8.92. The number of carbonyl (C=O) groups excluding carboxylic acids is 1. The fourth-order valence-corrected chi connectivity index (χ4v) is 3.50. The van der Waals surface area contributed by atoms with Gasteiger partial charge in [-0.3, -0.25) is 9.36 Å². The summed E-state index contributed by atoms with van der Waals surface area (Å²) in [6.07, 6.45) is 1.60. The van der Waals surface area contributed by atoms with Gasteiger partial charge in [0.25, 0.3) is 5.91 Å². The van der Waals surface area contributed by atoms with Crippen LogP contribution in [0.25, 0.3) is 27.5 Å². The number of benzene rings is 2. The van der Waals surface area contributed by atoms with E-state index in [0.717, 1.165) is 10.9 Å². The van der Waals surface area contributed by atoms with Crippen molar-refractivity contribution in [3.05, 3.63) is 53.2 Å². The van der Waals surface area contributed by atoms with Gasteiger partial charge in [0, 0.05) is 16.3 Å². The third-order valence-electron chi connectivity index (χ3n) is 4.73. The van der Waals surface area contributed by atoms with E-state index in [-0.39, 0.29) is 17.1 Å². The summed E-state index contributed by atoms with van der Waals surface area (Å²) < 4.78 is 1.73. The summed E-state index contributed by atoms with van der Waals surface area (Å²) in [5.74, 6) is -0.272. The van der Waals surface area contributed by atoms with Crippen LogP contribution >= 0.6 is 0 Å². The Kier molecular flexibility index (Phi) is 3.33. The molecule has 2 heterocycles. The van der Waals surface area contributed by atoms with Crippen molar-refractivity contribution in [3.63, 3.8) is 0 Å². The monoisotopic (exact) mass is 347 g/mol. The van der Waals surface area contributed by atoms with E-state index in [2.05, 4.69) is 10.2 Å². The zero-order chi connectivity index (χ0) is 18.6. The number of carbonyl (C=O) groups is 1. The number of phenols is 1. The lowest BCUT2D eigenvalue weighted by Gasteiger charge is -2.16. The van der Waals surface area contributed by atoms with Crippen molar-refractivity contribution in [2.24, 2.45) is 5.73 Å². The maximum Gasteiger partial charge on any atom is 0.253 e. The van der Waals surface area contributed by atoms with Crippen LogP contribution in [0.1, 0.15) is 21.5 Å². The lowest BCUT2D eigenvalue weighted by atomic mass is 10.1. The number of fused-ring (bicyclic) bond motifs is 3. The predicted octanol–water partition coefficient (Wildman–Crippen LogP) is 2.58. The zero-order valence-electron chi connectivity index (χ0n) is 14.3. The highest BCUT2D eigenvalue weighted by Crippen LogP contribution is 2.38. The Morgan fingerprint density at radius 3 is 2.65 bits per heavy atom. The molecule has 0 unspecified atom stereocenters. The Morgan fingerprint density at radius 1 is 1.15 bits per heavy atom. The molecule has 0 aliphatic carbocycles. The molecule has 5 N–H and O–H groups in total. The van der Waals surface area contributed by atoms with E-state index in [1.54, 1.807) is 35.9 Å². The molecule has 0 fully saturated rings. The number of rotatable bonds is 2. The van der Waals surface area contributed by atoms with Gasteiger partial charge in [-0.05, 0) is 31.5 Å². The topological polar surface area (TPSA) is 120 Å². The highest BCUT2D eigenvalue weighted by Gasteiger charge is 2.24. The Hall–Kier alpha value is -3.61. The molecule has 7 nitrogen and oxygen atoms in total. The molecular formula is C19H17N5O2. The number of nitrogens with two attached hydrogens (primary N) is 2. The van der Waals surface area contributed by atoms with Crippen LogP contribution in [0.2, 0.25) is 0 Å². The first-order valence-corrected chi connectivity index (χ1v) is 8.05. The van der Waals surface area contributed by atoms with Crippen LogP contribution in [0.3, 0.4) is 0 Å². The Morgan fingerprint density at radius 2 is 1.92 bits per heavy atom. The minimum Gasteiger partial charge on any atom is -0.508 e. The van der Waals surface area contributed by atoms with Gasteiger partial charge in [0.15, 0.2) is 0 Å². The molecule has 4 rings (SSSR count). The number of hydrogen-bond acceptors (Lipinski definition) is 5. The third-order valence-corrected chi connectivity index (χ3v) is 4.73. The van der Waals surface area contributed by atoms with Gasteiger partial charge in [-0.2, -0.15) is 5.10 Å². The van der Waals surface area contributed by atoms with E-state index < -0.39 is 5.91 Å². The first kappa shape index (κ1) is 15.9. The number of phenolic OH excluding ortho intramolecular Hbond substituents is 1. The van der Waals surface area contributed by atoms with Gasteiger partial charge < -0.3 is 16.6 Å². The smallest absolute Gasteiger partial charge is 0.253 e. The second-order valence-electron chi connectivity index (χ2n) is 6.27. The average molecular weight is 347 g/mol. The van der Waals surface area contributed by atoms with E-state index in [1.165, 1.54) is 0 Å². The van der Waals surface area contributed by atoms with Gasteiger partial charge in [0.1, 0.15) is 17.1 Å². The van der Waals surface area contributed by atoms with Gasteiger partial charge >= 0.3 is 0 Å². The highest BCUT2D eigenvalue weighted by atomic mass is 16.3. The molecule has 0 radical (unpaired) electrons. The van der Waals surface area contributed by atoms with Crippen LogP contribution in [0.5, 0.6) is 5.75 Å². The SMILES string of the molecule is Cc1ccc(O)c(C)c1-n1c(N)c(C(N)=O)c2ccc3ccnnc3c21. The third kappa shape index (κ3) is 2.03. The number of anilines is 1. The van der Waals surface area contributed by atoms with Crippen LogP contribution in [0.4, 0.5) is 5.82 Å². The summed E-state index contributed by atoms with van der Waals surface area (Å²) in [7, 11) is 0. The summed E-state index contributed by atoms with van der Waals surface area (Å²) in [4.78, 5) is 12.1. The molecule has 0 atom stereocenters. The van der Waals surface area contributed by atoms with Crippen molar-refractivity contribution in [1.29, 1.82) is 0 Å². The van der Waals surface area contributed by atoms with E-state index >= 15 is 0 Å². The van der Waals surface area contributed by atoms with Crippen molar-refractivity contribution in [2.45, 2.75) is 13.8 Å². The molecule has 0 spiro atoms. The quantitative estimate of drug-likeness (QED) is 0.515. The predicted molar refractivity (Wildman–Crippen MR) is 100 cm³/mol. The molecule has 0 aliphatic rings. The number of aromatic hydroxyl groups is 1. The first-order chi connectivity index (χ1) is 12.4. The number of nitrogen functional groups attached to an aromatic ring is 1. The highest BCUT2D eigenvalue weighted by molar-refractivity contribution is 6.17. The van der Waals surface area contributed by atoms with Gasteiger partial charge in [0.2, 0.25) is 0 Å². The summed E-state index contributed by atoms with van der Waals surface area (Å²) in [5, 5.41) is 19.9. The number of aryl methyl sites for hydroxylation is 1. The number of primary amides is 1. The second kappa shape index (κ2) is 5.45. The van der Waals surface area contributed by atoms with Crippen molar-refractivity contribution in [3.8, 4) is 11.4 Å². The minimum absolute atomic E-state index is 0.138. The number of amides is 1. The van der Waals surface area contributed by atoms with Gasteiger partial charge in [-0.1, -0.05) is 18.2 Å². The van der Waals surface area contributed by atoms with Gasteiger partial charge in [-0.25, -0.2) is 0 Å². The molecule has 0 saturated heterocycles. The summed E-state index contributed by atoms with van der Waals surface area (Å²) >= 11 is 0. The number of aromatic nitrogens is 3. The average Bonchev–Trinajstić information content (AvgIpc) is 2.91. The largest absolute Gasteiger partial charge is 0.508 e. The molecule has 7 heteroatoms. The summed E-state index contributed by atoms with van der Waals surface area (Å²) in [6.45, 7) is 3.71. The Labute approximate surface area is 148 Å². The molecule has 26 heavy (non-hydrogen) atoms. The van der Waals surface area contributed by atoms with Crippen LogP contribution in [0, 0.1) is 13.8 Å². The van der Waals surface area contributed by atoms with Crippen molar-refractivity contribution in [2.75, 3.05) is 5.73 Å². The molecule has 0 saturated carbocycles. The molecule has 130 valence electrons. The molecule has 0 aliphatic heterocycles. The first-order valence-electron chi connectivity index (χ1n) is 8.05. The van der Waals surface area contributed by atoms with Crippen LogP contribution < -0.4 is 11.5 Å². The Balaban J connectivity index is 2.30. The van der Waals surface area contributed by atoms with E-state index in [4.69, 9.17) is 11.5 Å². The lowest BCUT2D eigenvalue weighted by molar-refractivity contribution is 0.100.